The van der Waals surface area contributed by atoms with Gasteiger partial charge in [-0.05, 0) is 19.8 Å². The lowest BCUT2D eigenvalue weighted by Gasteiger charge is -2.37. The highest BCUT2D eigenvalue weighted by molar-refractivity contribution is 7.53. The maximum absolute atomic E-state index is 13.7. The van der Waals surface area contributed by atoms with Crippen LogP contribution in [0.5, 0.6) is 0 Å². The van der Waals surface area contributed by atoms with Crippen molar-refractivity contribution in [1.29, 1.82) is 0 Å². The quantitative estimate of drug-likeness (QED) is 0.477. The molecule has 0 saturated carbocycles. The Bertz CT molecular complexity index is 386. The average molecular weight is 312 g/mol. The first-order valence-corrected chi connectivity index (χ1v) is 8.42. The van der Waals surface area contributed by atoms with Crippen LogP contribution in [0, 0.1) is 0 Å². The highest BCUT2D eigenvalue weighted by Gasteiger charge is 2.53. The molecule has 1 saturated heterocycles. The van der Waals surface area contributed by atoms with Gasteiger partial charge in [-0.2, -0.15) is 0 Å². The smallest absolute Gasteiger partial charge is 0.356 e. The van der Waals surface area contributed by atoms with Gasteiger partial charge in [0.1, 0.15) is 31.8 Å². The van der Waals surface area contributed by atoms with E-state index in [0.29, 0.717) is 0 Å². The maximum Gasteiger partial charge on any atom is 0.356 e. The Hall–Kier alpha value is 0.0249. The number of ether oxygens (including phenoxy) is 1. The van der Waals surface area contributed by atoms with E-state index in [1.165, 1.54) is 14.8 Å². The van der Waals surface area contributed by atoms with Gasteiger partial charge in [0.15, 0.2) is 5.85 Å². The second-order valence-electron chi connectivity index (χ2n) is 5.41. The molecule has 20 heavy (non-hydrogen) atoms. The summed E-state index contributed by atoms with van der Waals surface area (Å²) in [5, 5.41) is 19.4. The van der Waals surface area contributed by atoms with Crippen molar-refractivity contribution in [3.8, 4) is 0 Å². The molecule has 0 bridgehead atoms. The molecule has 3 unspecified atom stereocenters. The first-order chi connectivity index (χ1) is 9.09. The van der Waals surface area contributed by atoms with Crippen LogP contribution in [0.1, 0.15) is 33.6 Å². The minimum Gasteiger partial charge on any atom is -0.387 e. The van der Waals surface area contributed by atoms with Crippen LogP contribution in [0.2, 0.25) is 0 Å². The molecule has 6 nitrogen and oxygen atoms in total. The molecule has 1 rings (SSSR count). The molecule has 0 amide bonds. The highest BCUT2D eigenvalue weighted by Crippen LogP contribution is 2.53. The zero-order chi connectivity index (χ0) is 15.7. The Morgan fingerprint density at radius 1 is 1.55 bits per heavy atom. The molecule has 118 valence electrons. The Balaban J connectivity index is 2.96. The van der Waals surface area contributed by atoms with E-state index in [9.17, 15) is 24.1 Å². The van der Waals surface area contributed by atoms with E-state index in [0.717, 1.165) is 0 Å². The fraction of sp³-hybridized carbons (Fsp3) is 1.00. The first kappa shape index (κ1) is 18.1. The number of halogens is 1. The van der Waals surface area contributed by atoms with Gasteiger partial charge >= 0.3 is 7.60 Å². The van der Waals surface area contributed by atoms with E-state index >= 15 is 0 Å². The molecule has 0 spiro atoms. The van der Waals surface area contributed by atoms with Gasteiger partial charge in [0.25, 0.3) is 0 Å². The van der Waals surface area contributed by atoms with Crippen molar-refractivity contribution in [3.05, 3.63) is 0 Å². The molecule has 7 atom stereocenters. The van der Waals surface area contributed by atoms with Crippen molar-refractivity contribution in [2.45, 2.75) is 69.4 Å². The van der Waals surface area contributed by atoms with Crippen LogP contribution < -0.4 is 0 Å². The third-order valence-electron chi connectivity index (χ3n) is 3.83. The number of hydrogen-bond donors (Lipinski definition) is 3. The van der Waals surface area contributed by atoms with Gasteiger partial charge in [-0.1, -0.05) is 13.8 Å². The lowest BCUT2D eigenvalue weighted by atomic mass is 9.89. The standard InChI is InChI=1S/C11H23BFO6P/c1-4-6(14)20(16,17)19-11(3,5-2)9-8(15)7(13)10(12)18-9/h6-10,14-15H,4-5,12H2,1-3H3,(H,16,17)/t6?,7-,8+,9+,10-,11?/m1/s1. The lowest BCUT2D eigenvalue weighted by Crippen LogP contribution is -2.48. The second-order valence-corrected chi connectivity index (χ2v) is 7.31. The molecule has 1 fully saturated rings. The minimum absolute atomic E-state index is 0.0454. The monoisotopic (exact) mass is 312 g/mol. The number of hydrogen-bond acceptors (Lipinski definition) is 5. The number of aliphatic hydroxyl groups is 2. The number of aliphatic hydroxyl groups excluding tert-OH is 2. The van der Waals surface area contributed by atoms with Crippen molar-refractivity contribution in [1.82, 2.24) is 0 Å². The zero-order valence-corrected chi connectivity index (χ0v) is 13.1. The summed E-state index contributed by atoms with van der Waals surface area (Å²) in [6.45, 7) is 4.68. The van der Waals surface area contributed by atoms with Crippen molar-refractivity contribution >= 4 is 15.4 Å². The zero-order valence-electron chi connectivity index (χ0n) is 12.2. The van der Waals surface area contributed by atoms with E-state index in [2.05, 4.69) is 0 Å². The van der Waals surface area contributed by atoms with E-state index in [1.54, 1.807) is 13.8 Å². The first-order valence-electron chi connectivity index (χ1n) is 6.78. The number of rotatable bonds is 6. The van der Waals surface area contributed by atoms with Gasteiger partial charge in [0.05, 0.1) is 6.00 Å². The molecule has 9 heteroatoms. The van der Waals surface area contributed by atoms with Gasteiger partial charge in [0.2, 0.25) is 0 Å². The topological polar surface area (TPSA) is 96.2 Å². The van der Waals surface area contributed by atoms with Crippen molar-refractivity contribution < 1.29 is 33.3 Å². The molecule has 1 heterocycles. The number of alkyl halides is 1. The molecular formula is C11H23BFO6P. The van der Waals surface area contributed by atoms with Crippen LogP contribution in [-0.4, -0.2) is 58.8 Å². The molecule has 1 aliphatic rings. The maximum atomic E-state index is 13.7. The van der Waals surface area contributed by atoms with Crippen molar-refractivity contribution in [2.24, 2.45) is 0 Å². The summed E-state index contributed by atoms with van der Waals surface area (Å²) >= 11 is 0. The summed E-state index contributed by atoms with van der Waals surface area (Å²) in [5.74, 6) is -1.52. The molecule has 0 radical (unpaired) electrons. The normalized spacial score (nSPS) is 38.1. The molecule has 3 N–H and O–H groups in total. The van der Waals surface area contributed by atoms with Crippen LogP contribution in [0.4, 0.5) is 4.39 Å². The van der Waals surface area contributed by atoms with Crippen molar-refractivity contribution in [3.63, 3.8) is 0 Å². The highest BCUT2D eigenvalue weighted by atomic mass is 31.2. The van der Waals surface area contributed by atoms with E-state index < -0.39 is 43.4 Å². The molecule has 0 aliphatic carbocycles. The summed E-state index contributed by atoms with van der Waals surface area (Å²) < 4.78 is 36.2. The van der Waals surface area contributed by atoms with Crippen LogP contribution in [0.15, 0.2) is 0 Å². The molecular weight excluding hydrogens is 289 g/mol. The predicted octanol–water partition coefficient (Wildman–Crippen LogP) is 0.142. The fourth-order valence-electron chi connectivity index (χ4n) is 2.24. The Labute approximate surface area is 119 Å². The third kappa shape index (κ3) is 3.43. The van der Waals surface area contributed by atoms with Crippen LogP contribution in [0.3, 0.4) is 0 Å². The Morgan fingerprint density at radius 3 is 2.45 bits per heavy atom. The van der Waals surface area contributed by atoms with Crippen molar-refractivity contribution in [2.75, 3.05) is 0 Å². The molecule has 1 aliphatic heterocycles. The third-order valence-corrected chi connectivity index (χ3v) is 5.63. The van der Waals surface area contributed by atoms with Crippen LogP contribution in [0.25, 0.3) is 0 Å². The lowest BCUT2D eigenvalue weighted by molar-refractivity contribution is -0.104. The van der Waals surface area contributed by atoms with Gasteiger partial charge in [-0.15, -0.1) is 0 Å². The van der Waals surface area contributed by atoms with E-state index in [4.69, 9.17) is 9.26 Å². The van der Waals surface area contributed by atoms with Crippen LogP contribution >= 0.6 is 7.60 Å². The van der Waals surface area contributed by atoms with E-state index in [-0.39, 0.29) is 12.8 Å². The summed E-state index contributed by atoms with van der Waals surface area (Å²) in [4.78, 5) is 9.78. The van der Waals surface area contributed by atoms with Gasteiger partial charge < -0.3 is 19.8 Å². The molecule has 0 aromatic carbocycles. The average Bonchev–Trinajstić information content (AvgIpc) is 2.65. The summed E-state index contributed by atoms with van der Waals surface area (Å²) in [7, 11) is -2.82. The molecule has 0 aromatic rings. The molecule has 0 aromatic heterocycles. The summed E-state index contributed by atoms with van der Waals surface area (Å²) in [6.07, 6.45) is -3.82. The SMILES string of the molecule is B[C@@H]1O[C@H](C(C)(CC)OP(=O)(O)C(O)CC)[C@@H](O)[C@H]1F. The Morgan fingerprint density at radius 2 is 2.10 bits per heavy atom. The second kappa shape index (κ2) is 6.42. The minimum atomic E-state index is -4.30. The largest absolute Gasteiger partial charge is 0.387 e. The fourth-order valence-corrected chi connectivity index (χ4v) is 3.66. The van der Waals surface area contributed by atoms with Gasteiger partial charge in [-0.3, -0.25) is 9.09 Å². The Kier molecular flexibility index (Phi) is 5.80. The van der Waals surface area contributed by atoms with Gasteiger partial charge in [0, 0.05) is 0 Å². The van der Waals surface area contributed by atoms with E-state index in [1.807, 2.05) is 0 Å². The predicted molar refractivity (Wildman–Crippen MR) is 74.0 cm³/mol. The summed E-state index contributed by atoms with van der Waals surface area (Å²) in [6, 6.07) is -0.821. The van der Waals surface area contributed by atoms with Crippen LogP contribution in [-0.2, 0) is 13.8 Å². The summed E-state index contributed by atoms with van der Waals surface area (Å²) in [5.41, 5.74) is -1.37. The van der Waals surface area contributed by atoms with Gasteiger partial charge in [-0.25, -0.2) is 4.39 Å².